The van der Waals surface area contributed by atoms with Crippen LogP contribution in [0.5, 0.6) is 11.5 Å². The number of piperidine rings is 1. The molecule has 1 atom stereocenters. The number of amides is 1. The third-order valence-corrected chi connectivity index (χ3v) is 3.90. The van der Waals surface area contributed by atoms with Crippen LogP contribution in [-0.4, -0.2) is 41.8 Å². The Morgan fingerprint density at radius 1 is 1.27 bits per heavy atom. The van der Waals surface area contributed by atoms with Crippen molar-refractivity contribution in [3.05, 3.63) is 29.8 Å². The number of hydrogen-bond donors (Lipinski definition) is 1. The Labute approximate surface area is 127 Å². The van der Waals surface area contributed by atoms with Gasteiger partial charge in [0.2, 0.25) is 12.7 Å². The molecular formula is C16H17NO5. The molecule has 0 bridgehead atoms. The maximum atomic E-state index is 12.2. The van der Waals surface area contributed by atoms with E-state index in [1.807, 2.05) is 12.1 Å². The first kappa shape index (κ1) is 14.4. The topological polar surface area (TPSA) is 76.1 Å². The number of fused-ring (bicyclic) bond motifs is 1. The number of hydrogen-bond acceptors (Lipinski definition) is 4. The second-order valence-electron chi connectivity index (χ2n) is 5.41. The lowest BCUT2D eigenvalue weighted by Gasteiger charge is -2.29. The standard InChI is InChI=1S/C16H17NO5/c18-15(17-7-1-2-12(9-17)16(19)20)6-4-11-3-5-13-14(8-11)22-10-21-13/h3-6,8,12H,1-2,7,9-10H2,(H,19,20)/b6-4+/t12-/m1/s1. The molecule has 0 aromatic heterocycles. The SMILES string of the molecule is O=C(O)[C@@H]1CCCN(C(=O)/C=C/c2ccc3c(c2)OCO3)C1. The molecule has 2 heterocycles. The molecule has 2 aliphatic rings. The van der Waals surface area contributed by atoms with Gasteiger partial charge in [-0.2, -0.15) is 0 Å². The van der Waals surface area contributed by atoms with Crippen LogP contribution in [0.2, 0.25) is 0 Å². The number of aliphatic carboxylic acids is 1. The van der Waals surface area contributed by atoms with Gasteiger partial charge in [-0.1, -0.05) is 6.07 Å². The zero-order valence-electron chi connectivity index (χ0n) is 12.0. The molecule has 116 valence electrons. The highest BCUT2D eigenvalue weighted by Crippen LogP contribution is 2.32. The van der Waals surface area contributed by atoms with Crippen molar-refractivity contribution < 1.29 is 24.2 Å². The van der Waals surface area contributed by atoms with Crippen LogP contribution >= 0.6 is 0 Å². The summed E-state index contributed by atoms with van der Waals surface area (Å²) in [6.45, 7) is 1.10. The van der Waals surface area contributed by atoms with E-state index in [1.165, 1.54) is 6.08 Å². The third kappa shape index (κ3) is 3.05. The Bertz CT molecular complexity index is 625. The minimum atomic E-state index is -0.836. The van der Waals surface area contributed by atoms with Crippen LogP contribution in [0.3, 0.4) is 0 Å². The lowest BCUT2D eigenvalue weighted by atomic mass is 9.98. The Morgan fingerprint density at radius 3 is 2.91 bits per heavy atom. The largest absolute Gasteiger partial charge is 0.481 e. The molecule has 22 heavy (non-hydrogen) atoms. The van der Waals surface area contributed by atoms with Gasteiger partial charge in [0.1, 0.15) is 0 Å². The number of carboxylic acid groups (broad SMARTS) is 1. The monoisotopic (exact) mass is 303 g/mol. The summed E-state index contributed by atoms with van der Waals surface area (Å²) in [5.41, 5.74) is 0.837. The Hall–Kier alpha value is -2.50. The molecule has 0 unspecified atom stereocenters. The zero-order chi connectivity index (χ0) is 15.5. The fourth-order valence-electron chi connectivity index (χ4n) is 2.67. The van der Waals surface area contributed by atoms with Gasteiger partial charge in [0.25, 0.3) is 0 Å². The number of ether oxygens (including phenoxy) is 2. The highest BCUT2D eigenvalue weighted by atomic mass is 16.7. The van der Waals surface area contributed by atoms with E-state index in [-0.39, 0.29) is 19.2 Å². The van der Waals surface area contributed by atoms with E-state index in [9.17, 15) is 9.59 Å². The van der Waals surface area contributed by atoms with Crippen LogP contribution < -0.4 is 9.47 Å². The Balaban J connectivity index is 1.64. The summed E-state index contributed by atoms with van der Waals surface area (Å²) < 4.78 is 10.5. The molecule has 2 aliphatic heterocycles. The quantitative estimate of drug-likeness (QED) is 0.861. The number of likely N-dealkylation sites (tertiary alicyclic amines) is 1. The first-order valence-electron chi connectivity index (χ1n) is 7.23. The van der Waals surface area contributed by atoms with Crippen molar-refractivity contribution in [2.45, 2.75) is 12.8 Å². The van der Waals surface area contributed by atoms with Crippen LogP contribution in [0.15, 0.2) is 24.3 Å². The normalized spacial score (nSPS) is 20.4. The smallest absolute Gasteiger partial charge is 0.308 e. The third-order valence-electron chi connectivity index (χ3n) is 3.90. The van der Waals surface area contributed by atoms with Crippen molar-refractivity contribution in [3.8, 4) is 11.5 Å². The van der Waals surface area contributed by atoms with E-state index in [2.05, 4.69) is 0 Å². The highest BCUT2D eigenvalue weighted by Gasteiger charge is 2.27. The Morgan fingerprint density at radius 2 is 2.09 bits per heavy atom. The molecular weight excluding hydrogens is 286 g/mol. The summed E-state index contributed by atoms with van der Waals surface area (Å²) in [7, 11) is 0. The van der Waals surface area contributed by atoms with Crippen LogP contribution in [-0.2, 0) is 9.59 Å². The molecule has 1 aromatic rings. The summed E-state index contributed by atoms with van der Waals surface area (Å²) >= 11 is 0. The molecule has 1 amide bonds. The van der Waals surface area contributed by atoms with E-state index in [1.54, 1.807) is 17.0 Å². The van der Waals surface area contributed by atoms with Gasteiger partial charge in [-0.3, -0.25) is 9.59 Å². The first-order valence-corrected chi connectivity index (χ1v) is 7.23. The van der Waals surface area contributed by atoms with Crippen molar-refractivity contribution in [1.82, 2.24) is 4.90 Å². The second kappa shape index (κ2) is 6.09. The number of carboxylic acids is 1. The fraction of sp³-hybridized carbons (Fsp3) is 0.375. The molecule has 3 rings (SSSR count). The predicted molar refractivity (Wildman–Crippen MR) is 78.5 cm³/mol. The Kier molecular flexibility index (Phi) is 4.00. The lowest BCUT2D eigenvalue weighted by molar-refractivity contribution is -0.144. The summed E-state index contributed by atoms with van der Waals surface area (Å²) in [6, 6.07) is 5.45. The number of carbonyl (C=O) groups excluding carboxylic acids is 1. The van der Waals surface area contributed by atoms with E-state index in [0.717, 1.165) is 12.0 Å². The van der Waals surface area contributed by atoms with Crippen molar-refractivity contribution in [2.24, 2.45) is 5.92 Å². The summed E-state index contributed by atoms with van der Waals surface area (Å²) in [5.74, 6) is -0.0974. The maximum absolute atomic E-state index is 12.2. The number of carbonyl (C=O) groups is 2. The molecule has 0 aliphatic carbocycles. The van der Waals surface area contributed by atoms with Crippen molar-refractivity contribution >= 4 is 18.0 Å². The van der Waals surface area contributed by atoms with Crippen molar-refractivity contribution in [3.63, 3.8) is 0 Å². The van der Waals surface area contributed by atoms with Gasteiger partial charge in [-0.15, -0.1) is 0 Å². The zero-order valence-corrected chi connectivity index (χ0v) is 12.0. The van der Waals surface area contributed by atoms with Crippen LogP contribution in [0.1, 0.15) is 18.4 Å². The van der Waals surface area contributed by atoms with Gasteiger partial charge in [0, 0.05) is 19.2 Å². The highest BCUT2D eigenvalue weighted by molar-refractivity contribution is 5.92. The molecule has 6 nitrogen and oxygen atoms in total. The van der Waals surface area contributed by atoms with Gasteiger partial charge in [-0.05, 0) is 36.6 Å². The lowest BCUT2D eigenvalue weighted by Crippen LogP contribution is -2.41. The fourth-order valence-corrected chi connectivity index (χ4v) is 2.67. The van der Waals surface area contributed by atoms with Gasteiger partial charge in [0.15, 0.2) is 11.5 Å². The van der Waals surface area contributed by atoms with Crippen LogP contribution in [0.4, 0.5) is 0 Å². The first-order chi connectivity index (χ1) is 10.6. The number of rotatable bonds is 3. The summed E-state index contributed by atoms with van der Waals surface area (Å²) in [4.78, 5) is 24.8. The molecule has 6 heteroatoms. The second-order valence-corrected chi connectivity index (χ2v) is 5.41. The van der Waals surface area contributed by atoms with Gasteiger partial charge < -0.3 is 19.5 Å². The minimum absolute atomic E-state index is 0.163. The van der Waals surface area contributed by atoms with Gasteiger partial charge in [-0.25, -0.2) is 0 Å². The number of benzene rings is 1. The average Bonchev–Trinajstić information content (AvgIpc) is 3.00. The number of nitrogens with zero attached hydrogens (tertiary/aromatic N) is 1. The molecule has 1 N–H and O–H groups in total. The average molecular weight is 303 g/mol. The molecule has 0 saturated carbocycles. The van der Waals surface area contributed by atoms with Crippen LogP contribution in [0, 0.1) is 5.92 Å². The predicted octanol–water partition coefficient (Wildman–Crippen LogP) is 1.75. The van der Waals surface area contributed by atoms with E-state index >= 15 is 0 Å². The molecule has 1 aromatic carbocycles. The van der Waals surface area contributed by atoms with Crippen molar-refractivity contribution in [2.75, 3.05) is 19.9 Å². The van der Waals surface area contributed by atoms with E-state index in [0.29, 0.717) is 24.5 Å². The van der Waals surface area contributed by atoms with Crippen LogP contribution in [0.25, 0.3) is 6.08 Å². The molecule has 1 fully saturated rings. The van der Waals surface area contributed by atoms with Gasteiger partial charge >= 0.3 is 5.97 Å². The van der Waals surface area contributed by atoms with Gasteiger partial charge in [0.05, 0.1) is 5.92 Å². The van der Waals surface area contributed by atoms with E-state index < -0.39 is 11.9 Å². The molecule has 0 spiro atoms. The molecule has 1 saturated heterocycles. The maximum Gasteiger partial charge on any atom is 0.308 e. The van der Waals surface area contributed by atoms with Crippen molar-refractivity contribution in [1.29, 1.82) is 0 Å². The van der Waals surface area contributed by atoms with E-state index in [4.69, 9.17) is 14.6 Å². The minimum Gasteiger partial charge on any atom is -0.481 e. The summed E-state index contributed by atoms with van der Waals surface area (Å²) in [5, 5.41) is 9.05. The molecule has 0 radical (unpaired) electrons. The summed E-state index contributed by atoms with van der Waals surface area (Å²) in [6.07, 6.45) is 4.53.